The molecule has 0 atom stereocenters. The van der Waals surface area contributed by atoms with Crippen molar-refractivity contribution < 1.29 is 13.6 Å². The van der Waals surface area contributed by atoms with Gasteiger partial charge in [0.2, 0.25) is 5.91 Å². The monoisotopic (exact) mass is 280 g/mol. The van der Waals surface area contributed by atoms with Crippen LogP contribution >= 0.6 is 0 Å². The normalized spacial score (nSPS) is 21.7. The summed E-state index contributed by atoms with van der Waals surface area (Å²) in [6, 6.07) is 3.83. The molecule has 0 radical (unpaired) electrons. The molecule has 0 saturated carbocycles. The topological polar surface area (TPSA) is 32.3 Å². The number of rotatable bonds is 2. The molecule has 3 nitrogen and oxygen atoms in total. The molecule has 20 heavy (non-hydrogen) atoms. The Balaban J connectivity index is 1.71. The molecule has 0 bridgehead atoms. The Morgan fingerprint density at radius 2 is 1.95 bits per heavy atom. The number of piperidine rings is 1. The van der Waals surface area contributed by atoms with Crippen LogP contribution < -0.4 is 5.32 Å². The van der Waals surface area contributed by atoms with Gasteiger partial charge in [-0.3, -0.25) is 4.79 Å². The smallest absolute Gasteiger partial charge is 0.223 e. The molecule has 2 aliphatic rings. The molecule has 0 unspecified atom stereocenters. The number of benzene rings is 1. The van der Waals surface area contributed by atoms with E-state index in [1.807, 2.05) is 0 Å². The maximum Gasteiger partial charge on any atom is 0.223 e. The van der Waals surface area contributed by atoms with Gasteiger partial charge in [-0.15, -0.1) is 0 Å². The highest BCUT2D eigenvalue weighted by Gasteiger charge is 2.43. The number of halogens is 2. The van der Waals surface area contributed by atoms with Gasteiger partial charge in [-0.2, -0.15) is 0 Å². The summed E-state index contributed by atoms with van der Waals surface area (Å²) in [5.41, 5.74) is 0.726. The molecule has 3 rings (SSSR count). The van der Waals surface area contributed by atoms with Gasteiger partial charge in [-0.25, -0.2) is 8.78 Å². The summed E-state index contributed by atoms with van der Waals surface area (Å²) in [6.45, 7) is 3.00. The van der Waals surface area contributed by atoms with E-state index >= 15 is 0 Å². The van der Waals surface area contributed by atoms with E-state index in [4.69, 9.17) is 0 Å². The third-order valence-corrected chi connectivity index (χ3v) is 4.43. The van der Waals surface area contributed by atoms with Crippen LogP contribution in [0.3, 0.4) is 0 Å². The minimum atomic E-state index is -0.856. The quantitative estimate of drug-likeness (QED) is 0.899. The maximum absolute atomic E-state index is 13.2. The van der Waals surface area contributed by atoms with E-state index < -0.39 is 11.6 Å². The fourth-order valence-electron chi connectivity index (χ4n) is 3.28. The van der Waals surface area contributed by atoms with Crippen LogP contribution in [-0.4, -0.2) is 30.4 Å². The summed E-state index contributed by atoms with van der Waals surface area (Å²) in [5, 5.41) is 3.31. The largest absolute Gasteiger partial charge is 0.338 e. The van der Waals surface area contributed by atoms with Crippen LogP contribution in [0.25, 0.3) is 0 Å². The van der Waals surface area contributed by atoms with Crippen molar-refractivity contribution in [1.82, 2.24) is 10.2 Å². The number of amides is 1. The zero-order valence-electron chi connectivity index (χ0n) is 11.3. The summed E-state index contributed by atoms with van der Waals surface area (Å²) in [6.07, 6.45) is 2.60. The lowest BCUT2D eigenvalue weighted by atomic mass is 9.78. The van der Waals surface area contributed by atoms with Crippen LogP contribution in [0.1, 0.15) is 24.8 Å². The highest BCUT2D eigenvalue weighted by atomic mass is 19.2. The van der Waals surface area contributed by atoms with Crippen molar-refractivity contribution in [3.63, 3.8) is 0 Å². The van der Waals surface area contributed by atoms with E-state index in [2.05, 4.69) is 5.32 Å². The van der Waals surface area contributed by atoms with Gasteiger partial charge in [0, 0.05) is 19.5 Å². The second-order valence-electron chi connectivity index (χ2n) is 5.93. The molecule has 2 saturated heterocycles. The number of hydrogen-bond donors (Lipinski definition) is 1. The van der Waals surface area contributed by atoms with Crippen LogP contribution in [0, 0.1) is 17.0 Å². The van der Waals surface area contributed by atoms with Crippen molar-refractivity contribution >= 4 is 5.91 Å². The molecular weight excluding hydrogens is 262 g/mol. The standard InChI is InChI=1S/C15H18F2N2O/c16-12-2-1-11(7-13(12)17)9-19-10-15(8-14(19)20)3-5-18-6-4-15/h1-2,7,18H,3-6,8-10H2. The first-order chi connectivity index (χ1) is 9.58. The van der Waals surface area contributed by atoms with Crippen LogP contribution in [0.4, 0.5) is 8.78 Å². The van der Waals surface area contributed by atoms with Gasteiger partial charge >= 0.3 is 0 Å². The first-order valence-electron chi connectivity index (χ1n) is 7.00. The zero-order valence-corrected chi connectivity index (χ0v) is 11.3. The summed E-state index contributed by atoms with van der Waals surface area (Å²) >= 11 is 0. The summed E-state index contributed by atoms with van der Waals surface area (Å²) in [4.78, 5) is 13.9. The van der Waals surface area contributed by atoms with Crippen molar-refractivity contribution in [2.45, 2.75) is 25.8 Å². The van der Waals surface area contributed by atoms with E-state index in [-0.39, 0.29) is 11.3 Å². The Hall–Kier alpha value is -1.49. The highest BCUT2D eigenvalue weighted by molar-refractivity contribution is 5.79. The predicted octanol–water partition coefficient (Wildman–Crippen LogP) is 2.07. The molecule has 1 amide bonds. The number of nitrogens with zero attached hydrogens (tertiary/aromatic N) is 1. The minimum absolute atomic E-state index is 0.0842. The average molecular weight is 280 g/mol. The van der Waals surface area contributed by atoms with E-state index in [0.717, 1.165) is 38.5 Å². The van der Waals surface area contributed by atoms with Crippen molar-refractivity contribution in [3.8, 4) is 0 Å². The van der Waals surface area contributed by atoms with Gasteiger partial charge in [0.25, 0.3) is 0 Å². The SMILES string of the molecule is O=C1CC2(CCNCC2)CN1Cc1ccc(F)c(F)c1. The fourth-order valence-corrected chi connectivity index (χ4v) is 3.28. The average Bonchev–Trinajstić information content (AvgIpc) is 2.71. The number of carbonyl (C=O) groups is 1. The number of hydrogen-bond acceptors (Lipinski definition) is 2. The lowest BCUT2D eigenvalue weighted by Crippen LogP contribution is -2.38. The molecule has 1 spiro atoms. The Labute approximate surface area is 117 Å². The van der Waals surface area contributed by atoms with E-state index in [1.165, 1.54) is 6.07 Å². The maximum atomic E-state index is 13.2. The number of carbonyl (C=O) groups excluding carboxylic acids is 1. The van der Waals surface area contributed by atoms with Crippen molar-refractivity contribution in [2.75, 3.05) is 19.6 Å². The molecule has 1 N–H and O–H groups in total. The minimum Gasteiger partial charge on any atom is -0.338 e. The fraction of sp³-hybridized carbons (Fsp3) is 0.533. The molecule has 2 fully saturated rings. The third-order valence-electron chi connectivity index (χ3n) is 4.43. The van der Waals surface area contributed by atoms with Crippen LogP contribution in [0.2, 0.25) is 0 Å². The van der Waals surface area contributed by atoms with Gasteiger partial charge in [0.1, 0.15) is 0 Å². The Kier molecular flexibility index (Phi) is 3.46. The lowest BCUT2D eigenvalue weighted by Gasteiger charge is -2.33. The number of nitrogens with one attached hydrogen (secondary N) is 1. The molecule has 0 aromatic heterocycles. The number of likely N-dealkylation sites (tertiary alicyclic amines) is 1. The van der Waals surface area contributed by atoms with Gasteiger partial charge < -0.3 is 10.2 Å². The molecule has 2 heterocycles. The first kappa shape index (κ1) is 13.5. The third kappa shape index (κ3) is 2.54. The first-order valence-corrected chi connectivity index (χ1v) is 7.00. The molecule has 108 valence electrons. The van der Waals surface area contributed by atoms with Crippen LogP contribution in [-0.2, 0) is 11.3 Å². The molecule has 0 aliphatic carbocycles. The summed E-state index contributed by atoms with van der Waals surface area (Å²) in [5.74, 6) is -1.58. The summed E-state index contributed by atoms with van der Waals surface area (Å²) in [7, 11) is 0. The second-order valence-corrected chi connectivity index (χ2v) is 5.93. The zero-order chi connectivity index (χ0) is 14.2. The van der Waals surface area contributed by atoms with Gasteiger partial charge in [0.05, 0.1) is 0 Å². The van der Waals surface area contributed by atoms with Crippen molar-refractivity contribution in [3.05, 3.63) is 35.4 Å². The van der Waals surface area contributed by atoms with Crippen LogP contribution in [0.15, 0.2) is 18.2 Å². The van der Waals surface area contributed by atoms with E-state index in [9.17, 15) is 13.6 Å². The van der Waals surface area contributed by atoms with E-state index in [1.54, 1.807) is 11.0 Å². The van der Waals surface area contributed by atoms with E-state index in [0.29, 0.717) is 18.5 Å². The Bertz CT molecular complexity index is 527. The van der Waals surface area contributed by atoms with Crippen LogP contribution in [0.5, 0.6) is 0 Å². The molecule has 1 aromatic rings. The van der Waals surface area contributed by atoms with Crippen molar-refractivity contribution in [2.24, 2.45) is 5.41 Å². The lowest BCUT2D eigenvalue weighted by molar-refractivity contribution is -0.128. The van der Waals surface area contributed by atoms with Crippen molar-refractivity contribution in [1.29, 1.82) is 0 Å². The second kappa shape index (κ2) is 5.13. The van der Waals surface area contributed by atoms with Gasteiger partial charge in [-0.05, 0) is 49.0 Å². The highest BCUT2D eigenvalue weighted by Crippen LogP contribution is 2.39. The molecule has 5 heteroatoms. The predicted molar refractivity (Wildman–Crippen MR) is 70.9 cm³/mol. The molecule has 2 aliphatic heterocycles. The van der Waals surface area contributed by atoms with Gasteiger partial charge in [-0.1, -0.05) is 6.07 Å². The molecular formula is C15H18F2N2O. The Morgan fingerprint density at radius 1 is 1.20 bits per heavy atom. The van der Waals surface area contributed by atoms with Gasteiger partial charge in [0.15, 0.2) is 11.6 Å². The summed E-state index contributed by atoms with van der Waals surface area (Å²) < 4.78 is 26.1. The Morgan fingerprint density at radius 3 is 2.65 bits per heavy atom. The molecule has 1 aromatic carbocycles.